The van der Waals surface area contributed by atoms with Crippen molar-refractivity contribution in [2.75, 3.05) is 5.32 Å². The standard InChI is InChI=1S/C13H18N2OS/c1-7(2)12(14)9-4-5-11-10(6-9)15-13(16)8(3)17-11/h4-8,12H,14H2,1-3H3,(H,15,16). The summed E-state index contributed by atoms with van der Waals surface area (Å²) >= 11 is 1.60. The Morgan fingerprint density at radius 2 is 2.12 bits per heavy atom. The lowest BCUT2D eigenvalue weighted by Gasteiger charge is -2.24. The molecule has 2 rings (SSSR count). The van der Waals surface area contributed by atoms with Gasteiger partial charge in [0.2, 0.25) is 5.91 Å². The van der Waals surface area contributed by atoms with Crippen LogP contribution in [0.4, 0.5) is 5.69 Å². The predicted octanol–water partition coefficient (Wildman–Crippen LogP) is 2.78. The van der Waals surface area contributed by atoms with E-state index in [1.807, 2.05) is 19.1 Å². The van der Waals surface area contributed by atoms with Crippen molar-refractivity contribution in [3.63, 3.8) is 0 Å². The molecule has 1 aliphatic rings. The van der Waals surface area contributed by atoms with E-state index in [0.717, 1.165) is 16.1 Å². The van der Waals surface area contributed by atoms with Crippen molar-refractivity contribution in [3.05, 3.63) is 23.8 Å². The van der Waals surface area contributed by atoms with Crippen LogP contribution in [0.25, 0.3) is 0 Å². The molecule has 1 aromatic carbocycles. The zero-order valence-electron chi connectivity index (χ0n) is 10.4. The first kappa shape index (κ1) is 12.5. The van der Waals surface area contributed by atoms with Gasteiger partial charge in [-0.05, 0) is 30.5 Å². The molecule has 2 unspecified atom stereocenters. The first-order chi connectivity index (χ1) is 7.99. The highest BCUT2D eigenvalue weighted by atomic mass is 32.2. The third kappa shape index (κ3) is 2.48. The lowest BCUT2D eigenvalue weighted by molar-refractivity contribution is -0.115. The van der Waals surface area contributed by atoms with Gasteiger partial charge in [-0.2, -0.15) is 0 Å². The van der Waals surface area contributed by atoms with Crippen LogP contribution < -0.4 is 11.1 Å². The van der Waals surface area contributed by atoms with E-state index >= 15 is 0 Å². The summed E-state index contributed by atoms with van der Waals surface area (Å²) in [6.07, 6.45) is 0. The van der Waals surface area contributed by atoms with Crippen molar-refractivity contribution < 1.29 is 4.79 Å². The van der Waals surface area contributed by atoms with Crippen LogP contribution in [0, 0.1) is 5.92 Å². The van der Waals surface area contributed by atoms with Crippen LogP contribution >= 0.6 is 11.8 Å². The third-order valence-electron chi connectivity index (χ3n) is 3.04. The smallest absolute Gasteiger partial charge is 0.237 e. The maximum atomic E-state index is 11.6. The maximum Gasteiger partial charge on any atom is 0.237 e. The monoisotopic (exact) mass is 250 g/mol. The zero-order valence-corrected chi connectivity index (χ0v) is 11.2. The summed E-state index contributed by atoms with van der Waals surface area (Å²) < 4.78 is 0. The van der Waals surface area contributed by atoms with Gasteiger partial charge in [0.15, 0.2) is 0 Å². The highest BCUT2D eigenvalue weighted by molar-refractivity contribution is 8.00. The van der Waals surface area contributed by atoms with E-state index in [1.165, 1.54) is 0 Å². The molecule has 1 heterocycles. The third-order valence-corrected chi connectivity index (χ3v) is 4.22. The Morgan fingerprint density at radius 3 is 2.76 bits per heavy atom. The van der Waals surface area contributed by atoms with Gasteiger partial charge in [0.25, 0.3) is 0 Å². The highest BCUT2D eigenvalue weighted by Crippen LogP contribution is 2.37. The summed E-state index contributed by atoms with van der Waals surface area (Å²) in [7, 11) is 0. The van der Waals surface area contributed by atoms with E-state index in [0.29, 0.717) is 5.92 Å². The van der Waals surface area contributed by atoms with E-state index in [4.69, 9.17) is 5.73 Å². The Bertz CT molecular complexity index is 445. The van der Waals surface area contributed by atoms with Crippen LogP contribution in [-0.4, -0.2) is 11.2 Å². The Labute approximate surface area is 106 Å². The van der Waals surface area contributed by atoms with Crippen molar-refractivity contribution in [2.24, 2.45) is 11.7 Å². The van der Waals surface area contributed by atoms with Crippen molar-refractivity contribution in [1.82, 2.24) is 0 Å². The van der Waals surface area contributed by atoms with Gasteiger partial charge in [-0.25, -0.2) is 0 Å². The number of anilines is 1. The van der Waals surface area contributed by atoms with Crippen molar-refractivity contribution in [2.45, 2.75) is 37.0 Å². The topological polar surface area (TPSA) is 55.1 Å². The number of rotatable bonds is 2. The molecule has 0 saturated carbocycles. The minimum Gasteiger partial charge on any atom is -0.324 e. The average Bonchev–Trinajstić information content (AvgIpc) is 2.29. The first-order valence-corrected chi connectivity index (χ1v) is 6.74. The number of nitrogens with one attached hydrogen (secondary N) is 1. The van der Waals surface area contributed by atoms with Gasteiger partial charge in [0.05, 0.1) is 10.9 Å². The fourth-order valence-electron chi connectivity index (χ4n) is 1.82. The summed E-state index contributed by atoms with van der Waals surface area (Å²) in [5, 5.41) is 2.91. The van der Waals surface area contributed by atoms with Crippen LogP contribution in [0.1, 0.15) is 32.4 Å². The molecule has 3 N–H and O–H groups in total. The fourth-order valence-corrected chi connectivity index (χ4v) is 2.75. The van der Waals surface area contributed by atoms with Crippen LogP contribution in [0.2, 0.25) is 0 Å². The van der Waals surface area contributed by atoms with Gasteiger partial charge in [-0.3, -0.25) is 4.79 Å². The normalized spacial score (nSPS) is 21.0. The Morgan fingerprint density at radius 1 is 1.41 bits per heavy atom. The van der Waals surface area contributed by atoms with Crippen molar-refractivity contribution >= 4 is 23.4 Å². The number of fused-ring (bicyclic) bond motifs is 1. The van der Waals surface area contributed by atoms with Crippen molar-refractivity contribution in [3.8, 4) is 0 Å². The summed E-state index contributed by atoms with van der Waals surface area (Å²) in [6.45, 7) is 6.11. The summed E-state index contributed by atoms with van der Waals surface area (Å²) in [4.78, 5) is 12.7. The van der Waals surface area contributed by atoms with E-state index in [-0.39, 0.29) is 17.2 Å². The first-order valence-electron chi connectivity index (χ1n) is 5.86. The van der Waals surface area contributed by atoms with Crippen LogP contribution in [0.3, 0.4) is 0 Å². The molecule has 0 radical (unpaired) electrons. The second-order valence-electron chi connectivity index (χ2n) is 4.77. The molecule has 0 aliphatic carbocycles. The molecule has 3 nitrogen and oxygen atoms in total. The highest BCUT2D eigenvalue weighted by Gasteiger charge is 2.23. The number of carbonyl (C=O) groups excluding carboxylic acids is 1. The summed E-state index contributed by atoms with van der Waals surface area (Å²) in [5.74, 6) is 0.455. The largest absolute Gasteiger partial charge is 0.324 e. The number of carbonyl (C=O) groups is 1. The Hall–Kier alpha value is -1.00. The number of amides is 1. The summed E-state index contributed by atoms with van der Waals surface area (Å²) in [5.41, 5.74) is 8.09. The number of nitrogens with two attached hydrogens (primary N) is 1. The molecule has 0 aromatic heterocycles. The molecule has 92 valence electrons. The summed E-state index contributed by atoms with van der Waals surface area (Å²) in [6, 6.07) is 6.12. The van der Waals surface area contributed by atoms with Gasteiger partial charge < -0.3 is 11.1 Å². The molecule has 4 heteroatoms. The molecule has 1 aromatic rings. The van der Waals surface area contributed by atoms with E-state index in [2.05, 4.69) is 25.2 Å². The van der Waals surface area contributed by atoms with Gasteiger partial charge >= 0.3 is 0 Å². The van der Waals surface area contributed by atoms with E-state index in [1.54, 1.807) is 11.8 Å². The lowest BCUT2D eigenvalue weighted by Crippen LogP contribution is -2.27. The van der Waals surface area contributed by atoms with Gasteiger partial charge in [-0.1, -0.05) is 19.9 Å². The van der Waals surface area contributed by atoms with Crippen LogP contribution in [0.5, 0.6) is 0 Å². The second kappa shape index (κ2) is 4.70. The van der Waals surface area contributed by atoms with Crippen LogP contribution in [0.15, 0.2) is 23.1 Å². The number of benzene rings is 1. The predicted molar refractivity (Wildman–Crippen MR) is 72.2 cm³/mol. The van der Waals surface area contributed by atoms with Gasteiger partial charge in [-0.15, -0.1) is 11.8 Å². The Balaban J connectivity index is 2.32. The Kier molecular flexibility index (Phi) is 3.45. The van der Waals surface area contributed by atoms with E-state index < -0.39 is 0 Å². The minimum atomic E-state index is -0.0212. The van der Waals surface area contributed by atoms with Crippen LogP contribution in [-0.2, 0) is 4.79 Å². The maximum absolute atomic E-state index is 11.6. The quantitative estimate of drug-likeness (QED) is 0.848. The molecular formula is C13H18N2OS. The van der Waals surface area contributed by atoms with Gasteiger partial charge in [0, 0.05) is 10.9 Å². The van der Waals surface area contributed by atoms with Crippen molar-refractivity contribution in [1.29, 1.82) is 0 Å². The zero-order chi connectivity index (χ0) is 12.6. The number of thioether (sulfide) groups is 1. The molecule has 1 amide bonds. The number of hydrogen-bond acceptors (Lipinski definition) is 3. The minimum absolute atomic E-state index is 0.0153. The molecule has 0 fully saturated rings. The van der Waals surface area contributed by atoms with E-state index in [9.17, 15) is 4.79 Å². The number of hydrogen-bond donors (Lipinski definition) is 2. The molecule has 17 heavy (non-hydrogen) atoms. The molecular weight excluding hydrogens is 232 g/mol. The molecule has 1 aliphatic heterocycles. The molecule has 0 bridgehead atoms. The fraction of sp³-hybridized carbons (Fsp3) is 0.462. The van der Waals surface area contributed by atoms with Gasteiger partial charge in [0.1, 0.15) is 0 Å². The lowest BCUT2D eigenvalue weighted by atomic mass is 9.97. The average molecular weight is 250 g/mol. The molecule has 2 atom stereocenters. The molecule has 0 spiro atoms. The molecule has 0 saturated heterocycles. The second-order valence-corrected chi connectivity index (χ2v) is 6.16. The SMILES string of the molecule is CC1Sc2ccc(C(N)C(C)C)cc2NC1=O.